The molecule has 0 saturated carbocycles. The lowest BCUT2D eigenvalue weighted by Crippen LogP contribution is -2.42. The van der Waals surface area contributed by atoms with Gasteiger partial charge in [0, 0.05) is 6.42 Å². The SMILES string of the molecule is COC(=O)[C@H](CC(F)F)NC(=O)OCc1ccccc1. The highest BCUT2D eigenvalue weighted by atomic mass is 19.3. The molecule has 1 atom stereocenters. The number of alkyl carbamates (subject to hydrolysis) is 1. The number of hydrogen-bond acceptors (Lipinski definition) is 4. The smallest absolute Gasteiger partial charge is 0.408 e. The maximum Gasteiger partial charge on any atom is 0.408 e. The number of methoxy groups -OCH3 is 1. The van der Waals surface area contributed by atoms with Crippen molar-refractivity contribution in [3.8, 4) is 0 Å². The molecule has 0 saturated heterocycles. The van der Waals surface area contributed by atoms with Crippen molar-refractivity contribution in [2.24, 2.45) is 0 Å². The predicted octanol–water partition coefficient (Wildman–Crippen LogP) is 2.11. The van der Waals surface area contributed by atoms with Crippen molar-refractivity contribution in [2.75, 3.05) is 7.11 Å². The third kappa shape index (κ3) is 5.64. The first-order chi connectivity index (χ1) is 9.52. The van der Waals surface area contributed by atoms with Gasteiger partial charge >= 0.3 is 12.1 Å². The third-order valence-corrected chi connectivity index (χ3v) is 2.40. The van der Waals surface area contributed by atoms with Crippen LogP contribution in [0.15, 0.2) is 30.3 Å². The minimum Gasteiger partial charge on any atom is -0.467 e. The van der Waals surface area contributed by atoms with Crippen LogP contribution in [0.3, 0.4) is 0 Å². The highest BCUT2D eigenvalue weighted by Crippen LogP contribution is 2.06. The van der Waals surface area contributed by atoms with Crippen molar-refractivity contribution in [3.05, 3.63) is 35.9 Å². The topological polar surface area (TPSA) is 64.6 Å². The van der Waals surface area contributed by atoms with Gasteiger partial charge < -0.3 is 14.8 Å². The number of carbonyl (C=O) groups is 2. The zero-order chi connectivity index (χ0) is 15.0. The van der Waals surface area contributed by atoms with Gasteiger partial charge in [-0.15, -0.1) is 0 Å². The molecule has 0 spiro atoms. The summed E-state index contributed by atoms with van der Waals surface area (Å²) in [6, 6.07) is 7.40. The lowest BCUT2D eigenvalue weighted by molar-refractivity contribution is -0.144. The van der Waals surface area contributed by atoms with Gasteiger partial charge in [0.25, 0.3) is 0 Å². The van der Waals surface area contributed by atoms with Crippen molar-refractivity contribution >= 4 is 12.1 Å². The first-order valence-electron chi connectivity index (χ1n) is 5.86. The number of amides is 1. The van der Waals surface area contributed by atoms with Crippen LogP contribution in [0.25, 0.3) is 0 Å². The second-order valence-electron chi connectivity index (χ2n) is 3.91. The molecule has 0 aliphatic carbocycles. The number of ether oxygens (including phenoxy) is 2. The van der Waals surface area contributed by atoms with Gasteiger partial charge in [0.15, 0.2) is 0 Å². The van der Waals surface area contributed by atoms with Gasteiger partial charge in [0.1, 0.15) is 12.6 Å². The van der Waals surface area contributed by atoms with E-state index in [1.54, 1.807) is 30.3 Å². The molecule has 20 heavy (non-hydrogen) atoms. The highest BCUT2D eigenvalue weighted by Gasteiger charge is 2.25. The van der Waals surface area contributed by atoms with Gasteiger partial charge in [0.05, 0.1) is 7.11 Å². The van der Waals surface area contributed by atoms with Crippen LogP contribution in [0.4, 0.5) is 13.6 Å². The molecular formula is C13H15F2NO4. The van der Waals surface area contributed by atoms with E-state index in [0.717, 1.165) is 12.7 Å². The van der Waals surface area contributed by atoms with E-state index in [1.807, 2.05) is 0 Å². The van der Waals surface area contributed by atoms with E-state index in [2.05, 4.69) is 10.1 Å². The van der Waals surface area contributed by atoms with Crippen LogP contribution in [0.2, 0.25) is 0 Å². The lowest BCUT2D eigenvalue weighted by atomic mass is 10.2. The van der Waals surface area contributed by atoms with E-state index >= 15 is 0 Å². The standard InChI is InChI=1S/C13H15F2NO4/c1-19-12(17)10(7-11(14)15)16-13(18)20-8-9-5-3-2-4-6-9/h2-6,10-11H,7-8H2,1H3,(H,16,18)/t10-/m0/s1. The molecule has 0 radical (unpaired) electrons. The fourth-order valence-corrected chi connectivity index (χ4v) is 1.44. The Morgan fingerprint density at radius 1 is 1.25 bits per heavy atom. The van der Waals surface area contributed by atoms with Crippen LogP contribution in [-0.4, -0.2) is 31.6 Å². The molecule has 110 valence electrons. The Morgan fingerprint density at radius 2 is 1.90 bits per heavy atom. The second-order valence-corrected chi connectivity index (χ2v) is 3.91. The summed E-state index contributed by atoms with van der Waals surface area (Å²) in [5.41, 5.74) is 0.742. The highest BCUT2D eigenvalue weighted by molar-refractivity contribution is 5.81. The molecule has 1 amide bonds. The molecule has 0 aromatic heterocycles. The monoisotopic (exact) mass is 287 g/mol. The van der Waals surface area contributed by atoms with Crippen LogP contribution in [-0.2, 0) is 20.9 Å². The molecule has 1 aromatic carbocycles. The number of benzene rings is 1. The summed E-state index contributed by atoms with van der Waals surface area (Å²) in [4.78, 5) is 22.7. The van der Waals surface area contributed by atoms with Crippen molar-refractivity contribution in [1.29, 1.82) is 0 Å². The molecule has 0 unspecified atom stereocenters. The van der Waals surface area contributed by atoms with E-state index in [0.29, 0.717) is 0 Å². The molecular weight excluding hydrogens is 272 g/mol. The minimum absolute atomic E-state index is 0.0186. The minimum atomic E-state index is -2.74. The Morgan fingerprint density at radius 3 is 2.45 bits per heavy atom. The second kappa shape index (κ2) is 8.08. The maximum atomic E-state index is 12.3. The Hall–Kier alpha value is -2.18. The molecule has 0 bridgehead atoms. The van der Waals surface area contributed by atoms with Gasteiger partial charge in [-0.2, -0.15) is 0 Å². The van der Waals surface area contributed by atoms with Crippen molar-refractivity contribution in [3.63, 3.8) is 0 Å². The summed E-state index contributed by atoms with van der Waals surface area (Å²) in [6.45, 7) is -0.0186. The van der Waals surface area contributed by atoms with Gasteiger partial charge in [-0.3, -0.25) is 0 Å². The van der Waals surface area contributed by atoms with Gasteiger partial charge in [-0.25, -0.2) is 18.4 Å². The van der Waals surface area contributed by atoms with E-state index < -0.39 is 31.0 Å². The first kappa shape index (κ1) is 15.9. The summed E-state index contributed by atoms with van der Waals surface area (Å²) in [6.07, 6.45) is -4.52. The number of hydrogen-bond donors (Lipinski definition) is 1. The Labute approximate surface area is 114 Å². The third-order valence-electron chi connectivity index (χ3n) is 2.40. The molecule has 1 N–H and O–H groups in total. The Bertz CT molecular complexity index is 439. The van der Waals surface area contributed by atoms with Crippen LogP contribution in [0.1, 0.15) is 12.0 Å². The Kier molecular flexibility index (Phi) is 6.42. The summed E-state index contributed by atoms with van der Waals surface area (Å²) in [7, 11) is 1.05. The zero-order valence-corrected chi connectivity index (χ0v) is 10.8. The molecule has 5 nitrogen and oxygen atoms in total. The van der Waals surface area contributed by atoms with E-state index in [1.165, 1.54) is 0 Å². The van der Waals surface area contributed by atoms with Gasteiger partial charge in [0.2, 0.25) is 6.43 Å². The molecule has 1 aromatic rings. The fraction of sp³-hybridized carbons (Fsp3) is 0.385. The largest absolute Gasteiger partial charge is 0.467 e. The van der Waals surface area contributed by atoms with E-state index in [4.69, 9.17) is 4.74 Å². The molecule has 7 heteroatoms. The summed E-state index contributed by atoms with van der Waals surface area (Å²) >= 11 is 0. The molecule has 0 heterocycles. The van der Waals surface area contributed by atoms with E-state index in [9.17, 15) is 18.4 Å². The quantitative estimate of drug-likeness (QED) is 0.814. The maximum absolute atomic E-state index is 12.3. The average Bonchev–Trinajstić information content (AvgIpc) is 2.44. The number of rotatable bonds is 6. The molecule has 1 rings (SSSR count). The van der Waals surface area contributed by atoms with Crippen molar-refractivity contribution < 1.29 is 27.8 Å². The van der Waals surface area contributed by atoms with Crippen LogP contribution >= 0.6 is 0 Å². The zero-order valence-electron chi connectivity index (χ0n) is 10.8. The van der Waals surface area contributed by atoms with Gasteiger partial charge in [-0.1, -0.05) is 30.3 Å². The van der Waals surface area contributed by atoms with Crippen LogP contribution in [0.5, 0.6) is 0 Å². The number of esters is 1. The molecule has 0 aliphatic heterocycles. The summed E-state index contributed by atoms with van der Waals surface area (Å²) in [5.74, 6) is -0.943. The first-order valence-corrected chi connectivity index (χ1v) is 5.86. The number of nitrogens with one attached hydrogen (secondary N) is 1. The van der Waals surface area contributed by atoms with E-state index in [-0.39, 0.29) is 6.61 Å². The normalized spacial score (nSPS) is 11.8. The van der Waals surface area contributed by atoms with Crippen molar-refractivity contribution in [2.45, 2.75) is 25.5 Å². The summed E-state index contributed by atoms with van der Waals surface area (Å²) in [5, 5.41) is 2.05. The van der Waals surface area contributed by atoms with Crippen LogP contribution < -0.4 is 5.32 Å². The fourth-order valence-electron chi connectivity index (χ4n) is 1.44. The van der Waals surface area contributed by atoms with Gasteiger partial charge in [-0.05, 0) is 5.56 Å². The molecule has 0 fully saturated rings. The molecule has 0 aliphatic rings. The lowest BCUT2D eigenvalue weighted by Gasteiger charge is -2.15. The number of alkyl halides is 2. The predicted molar refractivity (Wildman–Crippen MR) is 66.2 cm³/mol. The summed E-state index contributed by atoms with van der Waals surface area (Å²) < 4.78 is 33.7. The van der Waals surface area contributed by atoms with Crippen molar-refractivity contribution in [1.82, 2.24) is 5.32 Å². The number of carbonyl (C=O) groups excluding carboxylic acids is 2. The number of halogens is 2. The average molecular weight is 287 g/mol. The Balaban J connectivity index is 2.47. The van der Waals surface area contributed by atoms with Crippen LogP contribution in [0, 0.1) is 0 Å².